The van der Waals surface area contributed by atoms with Gasteiger partial charge in [-0.25, -0.2) is 17.7 Å². The molecule has 1 aromatic heterocycles. The summed E-state index contributed by atoms with van der Waals surface area (Å²) in [6.45, 7) is 2.75. The van der Waals surface area contributed by atoms with Gasteiger partial charge in [0.1, 0.15) is 5.82 Å². The van der Waals surface area contributed by atoms with E-state index in [-0.39, 0.29) is 11.7 Å². The van der Waals surface area contributed by atoms with E-state index in [1.165, 1.54) is 4.31 Å². The highest BCUT2D eigenvalue weighted by atomic mass is 32.2. The van der Waals surface area contributed by atoms with E-state index in [1.54, 1.807) is 6.92 Å². The van der Waals surface area contributed by atoms with Gasteiger partial charge in [-0.2, -0.15) is 0 Å². The predicted molar refractivity (Wildman–Crippen MR) is 69.9 cm³/mol. The van der Waals surface area contributed by atoms with Gasteiger partial charge < -0.3 is 4.98 Å². The van der Waals surface area contributed by atoms with Crippen molar-refractivity contribution in [1.82, 2.24) is 14.3 Å². The molecule has 1 fully saturated rings. The second-order valence-corrected chi connectivity index (χ2v) is 6.81. The Labute approximate surface area is 106 Å². The van der Waals surface area contributed by atoms with Crippen molar-refractivity contribution in [3.63, 3.8) is 0 Å². The number of benzene rings is 1. The lowest BCUT2D eigenvalue weighted by molar-refractivity contribution is 0.257. The molecule has 5 nitrogen and oxygen atoms in total. The molecule has 1 aliphatic heterocycles. The standard InChI is InChI=1S/C12H15N3O2S/c1-2-18(16,17)15-7-9(8-15)12-13-10-5-3-4-6-11(10)14-12/h3-6,9H,2,7-8H2,1H3,(H,13,14). The van der Waals surface area contributed by atoms with E-state index in [1.807, 2.05) is 24.3 Å². The van der Waals surface area contributed by atoms with Crippen molar-refractivity contribution in [3.05, 3.63) is 30.1 Å². The van der Waals surface area contributed by atoms with Gasteiger partial charge in [-0.3, -0.25) is 0 Å². The Morgan fingerprint density at radius 1 is 1.39 bits per heavy atom. The van der Waals surface area contributed by atoms with Crippen LogP contribution in [-0.2, 0) is 10.0 Å². The van der Waals surface area contributed by atoms with Crippen molar-refractivity contribution in [1.29, 1.82) is 0 Å². The molecule has 1 N–H and O–H groups in total. The van der Waals surface area contributed by atoms with Crippen LogP contribution in [0.3, 0.4) is 0 Å². The number of nitrogens with zero attached hydrogens (tertiary/aromatic N) is 2. The van der Waals surface area contributed by atoms with Gasteiger partial charge in [0.15, 0.2) is 0 Å². The second-order valence-electron chi connectivity index (χ2n) is 4.55. The van der Waals surface area contributed by atoms with Crippen LogP contribution in [0, 0.1) is 0 Å². The van der Waals surface area contributed by atoms with Crippen molar-refractivity contribution in [2.24, 2.45) is 0 Å². The summed E-state index contributed by atoms with van der Waals surface area (Å²) in [5, 5.41) is 0. The van der Waals surface area contributed by atoms with Gasteiger partial charge in [-0.1, -0.05) is 12.1 Å². The molecule has 0 saturated carbocycles. The molecule has 0 amide bonds. The number of aromatic amines is 1. The smallest absolute Gasteiger partial charge is 0.213 e. The monoisotopic (exact) mass is 265 g/mol. The Kier molecular flexibility index (Phi) is 2.64. The fraction of sp³-hybridized carbons (Fsp3) is 0.417. The minimum Gasteiger partial charge on any atom is -0.342 e. The first-order chi connectivity index (χ1) is 8.60. The molecular weight excluding hydrogens is 250 g/mol. The maximum atomic E-state index is 11.6. The van der Waals surface area contributed by atoms with Crippen LogP contribution in [0.5, 0.6) is 0 Å². The number of imidazole rings is 1. The zero-order chi connectivity index (χ0) is 12.8. The number of H-pyrrole nitrogens is 1. The molecule has 3 rings (SSSR count). The minimum absolute atomic E-state index is 0.167. The molecule has 6 heteroatoms. The summed E-state index contributed by atoms with van der Waals surface area (Å²) in [4.78, 5) is 7.75. The Hall–Kier alpha value is -1.40. The minimum atomic E-state index is -3.04. The van der Waals surface area contributed by atoms with Crippen molar-refractivity contribution in [3.8, 4) is 0 Å². The van der Waals surface area contributed by atoms with Crippen LogP contribution in [0.2, 0.25) is 0 Å². The van der Waals surface area contributed by atoms with Gasteiger partial charge in [0.2, 0.25) is 10.0 Å². The highest BCUT2D eigenvalue weighted by Gasteiger charge is 2.37. The number of fused-ring (bicyclic) bond motifs is 1. The first kappa shape index (κ1) is 11.7. The van der Waals surface area contributed by atoms with Gasteiger partial charge in [0.05, 0.1) is 16.8 Å². The highest BCUT2D eigenvalue weighted by Crippen LogP contribution is 2.28. The Bertz CT molecular complexity index is 638. The Morgan fingerprint density at radius 2 is 2.11 bits per heavy atom. The summed E-state index contributed by atoms with van der Waals surface area (Å²) in [6, 6.07) is 7.83. The molecule has 2 aromatic rings. The molecule has 2 heterocycles. The second kappa shape index (κ2) is 4.07. The van der Waals surface area contributed by atoms with Gasteiger partial charge in [-0.15, -0.1) is 0 Å². The predicted octanol–water partition coefficient (Wildman–Crippen LogP) is 1.31. The number of aromatic nitrogens is 2. The average molecular weight is 265 g/mol. The maximum absolute atomic E-state index is 11.6. The lowest BCUT2D eigenvalue weighted by atomic mass is 10.0. The first-order valence-electron chi connectivity index (χ1n) is 6.02. The fourth-order valence-corrected chi connectivity index (χ4v) is 3.37. The number of sulfonamides is 1. The number of hydrogen-bond acceptors (Lipinski definition) is 3. The number of hydrogen-bond donors (Lipinski definition) is 1. The molecule has 1 saturated heterocycles. The first-order valence-corrected chi connectivity index (χ1v) is 7.63. The van der Waals surface area contributed by atoms with Crippen LogP contribution in [0.1, 0.15) is 18.7 Å². The fourth-order valence-electron chi connectivity index (χ4n) is 2.19. The zero-order valence-electron chi connectivity index (χ0n) is 10.1. The van der Waals surface area contributed by atoms with E-state index in [9.17, 15) is 8.42 Å². The van der Waals surface area contributed by atoms with E-state index in [0.717, 1.165) is 16.9 Å². The van der Waals surface area contributed by atoms with Crippen LogP contribution >= 0.6 is 0 Å². The number of rotatable bonds is 3. The summed E-state index contributed by atoms with van der Waals surface area (Å²) in [6.07, 6.45) is 0. The van der Waals surface area contributed by atoms with Gasteiger partial charge in [-0.05, 0) is 19.1 Å². The van der Waals surface area contributed by atoms with Crippen LogP contribution < -0.4 is 0 Å². The lowest BCUT2D eigenvalue weighted by Gasteiger charge is -2.36. The van der Waals surface area contributed by atoms with E-state index >= 15 is 0 Å². The highest BCUT2D eigenvalue weighted by molar-refractivity contribution is 7.89. The molecule has 0 unspecified atom stereocenters. The van der Waals surface area contributed by atoms with Gasteiger partial charge >= 0.3 is 0 Å². The molecule has 0 radical (unpaired) electrons. The third-order valence-corrected chi connectivity index (χ3v) is 5.22. The molecule has 96 valence electrons. The molecule has 0 spiro atoms. The third-order valence-electron chi connectivity index (χ3n) is 3.40. The molecule has 1 aromatic carbocycles. The van der Waals surface area contributed by atoms with Crippen LogP contribution in [0.25, 0.3) is 11.0 Å². The number of nitrogens with one attached hydrogen (secondary N) is 1. The van der Waals surface area contributed by atoms with Crippen molar-refractivity contribution < 1.29 is 8.42 Å². The van der Waals surface area contributed by atoms with E-state index < -0.39 is 10.0 Å². The van der Waals surface area contributed by atoms with Gasteiger partial charge in [0.25, 0.3) is 0 Å². The largest absolute Gasteiger partial charge is 0.342 e. The van der Waals surface area contributed by atoms with E-state index in [2.05, 4.69) is 9.97 Å². The SMILES string of the molecule is CCS(=O)(=O)N1CC(c2nc3ccccc3[nH]2)C1. The molecule has 0 atom stereocenters. The molecular formula is C12H15N3O2S. The zero-order valence-corrected chi connectivity index (χ0v) is 10.9. The maximum Gasteiger partial charge on any atom is 0.213 e. The summed E-state index contributed by atoms with van der Waals surface area (Å²) in [5.41, 5.74) is 1.94. The van der Waals surface area contributed by atoms with Crippen molar-refractivity contribution in [2.75, 3.05) is 18.8 Å². The Morgan fingerprint density at radius 3 is 2.78 bits per heavy atom. The lowest BCUT2D eigenvalue weighted by Crippen LogP contribution is -2.49. The molecule has 0 bridgehead atoms. The quantitative estimate of drug-likeness (QED) is 0.910. The Balaban J connectivity index is 1.79. The summed E-state index contributed by atoms with van der Waals surface area (Å²) in [5.74, 6) is 1.25. The normalized spacial score (nSPS) is 18.1. The van der Waals surface area contributed by atoms with Gasteiger partial charge in [0, 0.05) is 19.0 Å². The van der Waals surface area contributed by atoms with Crippen LogP contribution in [0.4, 0.5) is 0 Å². The van der Waals surface area contributed by atoms with Crippen molar-refractivity contribution in [2.45, 2.75) is 12.8 Å². The van der Waals surface area contributed by atoms with Crippen LogP contribution in [0.15, 0.2) is 24.3 Å². The topological polar surface area (TPSA) is 66.1 Å². The van der Waals surface area contributed by atoms with E-state index in [0.29, 0.717) is 13.1 Å². The summed E-state index contributed by atoms with van der Waals surface area (Å²) in [7, 11) is -3.04. The summed E-state index contributed by atoms with van der Waals surface area (Å²) < 4.78 is 24.8. The summed E-state index contributed by atoms with van der Waals surface area (Å²) >= 11 is 0. The molecule has 1 aliphatic rings. The van der Waals surface area contributed by atoms with E-state index in [4.69, 9.17) is 0 Å². The molecule has 0 aliphatic carbocycles. The number of para-hydroxylation sites is 2. The van der Waals surface area contributed by atoms with Crippen LogP contribution in [-0.4, -0.2) is 41.5 Å². The third kappa shape index (κ3) is 1.81. The average Bonchev–Trinajstić information content (AvgIpc) is 2.69. The molecule has 18 heavy (non-hydrogen) atoms. The van der Waals surface area contributed by atoms with Crippen molar-refractivity contribution >= 4 is 21.1 Å².